The number of nitrogens with zero attached hydrogens (tertiary/aromatic N) is 1. The standard InChI is InChI=1S/C39H42N4O9/c1-22-27(6-5-9-31(22)43-37(46)32-16-36(52-3)26(18-40-32)19-42-34(21-45)39(49)50)29-8-4-7-28-24(12-13-30(28)29)14-23-10-11-25(35(15-23)51-2)17-41-33(20-44)38(47)48/h4-11,14-16,18,33-34,41-42,44-45H,12-13,17,19-21H2,1-3H3,(H,43,46)(H,47,48)(H,49,50)/b24-14+/t33-,34-/m0/s1. The lowest BCUT2D eigenvalue weighted by atomic mass is 9.92. The lowest BCUT2D eigenvalue weighted by Crippen LogP contribution is -2.39. The number of aliphatic hydroxyl groups excluding tert-OH is 2. The predicted octanol–water partition coefficient (Wildman–Crippen LogP) is 3.88. The monoisotopic (exact) mass is 710 g/mol. The molecular formula is C39H42N4O9. The number of carbonyl (C=O) groups is 3. The number of hydrogen-bond acceptors (Lipinski definition) is 10. The molecule has 3 aromatic carbocycles. The van der Waals surface area contributed by atoms with E-state index in [2.05, 4.69) is 39.1 Å². The first-order valence-electron chi connectivity index (χ1n) is 16.7. The van der Waals surface area contributed by atoms with Gasteiger partial charge >= 0.3 is 11.9 Å². The molecule has 0 saturated heterocycles. The van der Waals surface area contributed by atoms with Gasteiger partial charge in [-0.15, -0.1) is 0 Å². The number of rotatable bonds is 16. The van der Waals surface area contributed by atoms with Gasteiger partial charge in [-0.2, -0.15) is 0 Å². The molecule has 0 unspecified atom stereocenters. The number of methoxy groups -OCH3 is 2. The second kappa shape index (κ2) is 17.1. The number of anilines is 1. The van der Waals surface area contributed by atoms with Gasteiger partial charge in [-0.3, -0.25) is 30.0 Å². The first kappa shape index (κ1) is 37.7. The van der Waals surface area contributed by atoms with Crippen LogP contribution in [0.15, 0.2) is 66.9 Å². The molecule has 13 heteroatoms. The minimum atomic E-state index is -1.19. The fraction of sp³-hybridized carbons (Fsp3) is 0.282. The summed E-state index contributed by atoms with van der Waals surface area (Å²) in [6, 6.07) is 17.0. The van der Waals surface area contributed by atoms with E-state index in [4.69, 9.17) is 9.47 Å². The number of aliphatic carboxylic acids is 2. The highest BCUT2D eigenvalue weighted by molar-refractivity contribution is 6.04. The Balaban J connectivity index is 1.35. The maximum Gasteiger partial charge on any atom is 0.323 e. The number of aromatic nitrogens is 1. The number of hydrogen-bond donors (Lipinski definition) is 7. The van der Waals surface area contributed by atoms with Gasteiger partial charge in [-0.1, -0.05) is 48.5 Å². The highest BCUT2D eigenvalue weighted by atomic mass is 16.5. The number of carboxylic acid groups (broad SMARTS) is 2. The normalized spacial score (nSPS) is 14.1. The number of carbonyl (C=O) groups excluding carboxylic acids is 1. The number of nitrogens with one attached hydrogen (secondary N) is 3. The molecule has 1 aliphatic rings. The van der Waals surface area contributed by atoms with E-state index in [1.807, 2.05) is 49.4 Å². The zero-order valence-corrected chi connectivity index (χ0v) is 29.1. The van der Waals surface area contributed by atoms with Gasteiger partial charge in [0.15, 0.2) is 0 Å². The van der Waals surface area contributed by atoms with Crippen molar-refractivity contribution in [1.82, 2.24) is 15.6 Å². The van der Waals surface area contributed by atoms with Crippen LogP contribution >= 0.6 is 0 Å². The second-order valence-corrected chi connectivity index (χ2v) is 12.3. The van der Waals surface area contributed by atoms with Crippen molar-refractivity contribution in [2.24, 2.45) is 0 Å². The summed E-state index contributed by atoms with van der Waals surface area (Å²) in [6.07, 6.45) is 5.24. The van der Waals surface area contributed by atoms with E-state index >= 15 is 0 Å². The average Bonchev–Trinajstić information content (AvgIpc) is 3.55. The van der Waals surface area contributed by atoms with Crippen LogP contribution < -0.4 is 25.4 Å². The lowest BCUT2D eigenvalue weighted by molar-refractivity contribution is -0.141. The summed E-state index contributed by atoms with van der Waals surface area (Å²) in [7, 11) is 3.01. The van der Waals surface area contributed by atoms with Crippen molar-refractivity contribution in [3.05, 3.63) is 106 Å². The molecule has 7 N–H and O–H groups in total. The van der Waals surface area contributed by atoms with Gasteiger partial charge in [-0.25, -0.2) is 0 Å². The molecule has 4 aromatic rings. The van der Waals surface area contributed by atoms with Crippen LogP contribution in [0.25, 0.3) is 22.8 Å². The zero-order chi connectivity index (χ0) is 37.4. The molecule has 2 atom stereocenters. The largest absolute Gasteiger partial charge is 0.496 e. The quantitative estimate of drug-likeness (QED) is 0.0887. The van der Waals surface area contributed by atoms with Crippen molar-refractivity contribution in [3.8, 4) is 22.6 Å². The minimum Gasteiger partial charge on any atom is -0.496 e. The van der Waals surface area contributed by atoms with Gasteiger partial charge in [-0.05, 0) is 70.9 Å². The Morgan fingerprint density at radius 1 is 0.808 bits per heavy atom. The van der Waals surface area contributed by atoms with Crippen molar-refractivity contribution < 1.29 is 44.3 Å². The molecule has 0 fully saturated rings. The second-order valence-electron chi connectivity index (χ2n) is 12.3. The smallest absolute Gasteiger partial charge is 0.323 e. The summed E-state index contributed by atoms with van der Waals surface area (Å²) in [5, 5.41) is 45.5. The van der Waals surface area contributed by atoms with Crippen LogP contribution in [0.3, 0.4) is 0 Å². The fourth-order valence-corrected chi connectivity index (χ4v) is 6.24. The molecule has 0 bridgehead atoms. The third-order valence-electron chi connectivity index (χ3n) is 9.13. The van der Waals surface area contributed by atoms with Gasteiger partial charge in [0.2, 0.25) is 0 Å². The molecule has 1 aromatic heterocycles. The van der Waals surface area contributed by atoms with Crippen LogP contribution in [0.1, 0.15) is 50.3 Å². The summed E-state index contributed by atoms with van der Waals surface area (Å²) in [6.45, 7) is 1.15. The number of carboxylic acids is 2. The number of amides is 1. The topological polar surface area (TPSA) is 200 Å². The van der Waals surface area contributed by atoms with Crippen molar-refractivity contribution in [2.75, 3.05) is 32.8 Å². The molecule has 1 aliphatic carbocycles. The van der Waals surface area contributed by atoms with Gasteiger partial charge in [0.25, 0.3) is 5.91 Å². The Hall–Kier alpha value is -5.60. The van der Waals surface area contributed by atoms with Crippen LogP contribution in [0, 0.1) is 6.92 Å². The van der Waals surface area contributed by atoms with Gasteiger partial charge in [0.1, 0.15) is 29.3 Å². The summed E-state index contributed by atoms with van der Waals surface area (Å²) >= 11 is 0. The molecule has 272 valence electrons. The van der Waals surface area contributed by atoms with Gasteiger partial charge < -0.3 is 35.2 Å². The Kier molecular flexibility index (Phi) is 12.4. The SMILES string of the molecule is COc1cc(/C=C2\CCc3c2cccc3-c2cccc(NC(=O)c3cc(OC)c(CN[C@@H](CO)C(=O)O)cn3)c2C)ccc1CN[C@@H](CO)C(=O)O. The van der Waals surface area contributed by atoms with E-state index in [9.17, 15) is 34.8 Å². The van der Waals surface area contributed by atoms with Gasteiger partial charge in [0, 0.05) is 42.2 Å². The minimum absolute atomic E-state index is 0.0654. The molecule has 0 aliphatic heterocycles. The van der Waals surface area contributed by atoms with Crippen LogP contribution in [0.4, 0.5) is 5.69 Å². The molecule has 1 heterocycles. The van der Waals surface area contributed by atoms with Gasteiger partial charge in [0.05, 0.1) is 27.4 Å². The van der Waals surface area contributed by atoms with Crippen molar-refractivity contribution in [2.45, 2.75) is 44.9 Å². The number of pyridine rings is 1. The number of allylic oxidation sites excluding steroid dienone is 1. The van der Waals surface area contributed by atoms with E-state index in [0.29, 0.717) is 22.7 Å². The molecule has 0 spiro atoms. The highest BCUT2D eigenvalue weighted by Gasteiger charge is 2.23. The van der Waals surface area contributed by atoms with Crippen LogP contribution in [0.2, 0.25) is 0 Å². The fourth-order valence-electron chi connectivity index (χ4n) is 6.24. The van der Waals surface area contributed by atoms with E-state index in [1.54, 1.807) is 7.11 Å². The summed E-state index contributed by atoms with van der Waals surface area (Å²) in [5.41, 5.74) is 9.46. The van der Waals surface area contributed by atoms with Crippen molar-refractivity contribution in [1.29, 1.82) is 0 Å². The Bertz CT molecular complexity index is 1990. The third kappa shape index (κ3) is 8.46. The molecular weight excluding hydrogens is 668 g/mol. The molecule has 5 rings (SSSR count). The molecule has 52 heavy (non-hydrogen) atoms. The molecule has 0 radical (unpaired) electrons. The van der Waals surface area contributed by atoms with E-state index in [1.165, 1.54) is 30.5 Å². The predicted molar refractivity (Wildman–Crippen MR) is 195 cm³/mol. The maximum atomic E-state index is 13.4. The number of aliphatic hydroxyl groups is 2. The first-order valence-corrected chi connectivity index (χ1v) is 16.7. The molecule has 1 amide bonds. The Labute approximate surface area is 301 Å². The number of fused-ring (bicyclic) bond motifs is 1. The lowest BCUT2D eigenvalue weighted by Gasteiger charge is -2.16. The summed E-state index contributed by atoms with van der Waals surface area (Å²) in [5.74, 6) is -1.79. The van der Waals surface area contributed by atoms with E-state index < -0.39 is 43.1 Å². The summed E-state index contributed by atoms with van der Waals surface area (Å²) < 4.78 is 11.0. The Morgan fingerprint density at radius 2 is 1.42 bits per heavy atom. The number of ether oxygens (including phenoxy) is 2. The average molecular weight is 711 g/mol. The highest BCUT2D eigenvalue weighted by Crippen LogP contribution is 2.41. The number of benzene rings is 3. The van der Waals surface area contributed by atoms with Crippen LogP contribution in [-0.4, -0.2) is 82.8 Å². The van der Waals surface area contributed by atoms with Crippen LogP contribution in [0.5, 0.6) is 11.5 Å². The maximum absolute atomic E-state index is 13.4. The summed E-state index contributed by atoms with van der Waals surface area (Å²) in [4.78, 5) is 40.2. The van der Waals surface area contributed by atoms with Crippen molar-refractivity contribution in [3.63, 3.8) is 0 Å². The van der Waals surface area contributed by atoms with Crippen molar-refractivity contribution >= 4 is 35.2 Å². The zero-order valence-electron chi connectivity index (χ0n) is 29.1. The third-order valence-corrected chi connectivity index (χ3v) is 9.13. The molecule has 13 nitrogen and oxygen atoms in total. The molecule has 0 saturated carbocycles. The Morgan fingerprint density at radius 3 is 2.08 bits per heavy atom. The van der Waals surface area contributed by atoms with E-state index in [0.717, 1.165) is 46.2 Å². The van der Waals surface area contributed by atoms with Crippen LogP contribution in [-0.2, 0) is 29.1 Å². The van der Waals surface area contributed by atoms with E-state index in [-0.39, 0.29) is 18.8 Å². The first-order chi connectivity index (χ1) is 25.1.